The Morgan fingerprint density at radius 1 is 1.07 bits per heavy atom. The number of benzene rings is 2. The summed E-state index contributed by atoms with van der Waals surface area (Å²) in [6.07, 6.45) is 1.27. The molecule has 2 aromatic heterocycles. The minimum Gasteiger partial charge on any atom is -0.392 e. The van der Waals surface area contributed by atoms with Crippen LogP contribution in [0.4, 0.5) is 17.5 Å². The summed E-state index contributed by atoms with van der Waals surface area (Å²) in [4.78, 5) is 13.8. The molecule has 0 fully saturated rings. The third-order valence-electron chi connectivity index (χ3n) is 4.32. The smallest absolute Gasteiger partial charge is 0.226 e. The second-order valence-electron chi connectivity index (χ2n) is 6.79. The van der Waals surface area contributed by atoms with E-state index in [9.17, 15) is 5.11 Å². The molecule has 0 saturated carbocycles. The lowest BCUT2D eigenvalue weighted by molar-refractivity contribution is 0.208. The normalized spacial score (nSPS) is 12.1. The van der Waals surface area contributed by atoms with E-state index in [1.807, 2.05) is 47.0 Å². The molecule has 0 aliphatic carbocycles. The van der Waals surface area contributed by atoms with Gasteiger partial charge in [-0.15, -0.1) is 0 Å². The van der Waals surface area contributed by atoms with Gasteiger partial charge in [0.05, 0.1) is 19.0 Å². The van der Waals surface area contributed by atoms with Gasteiger partial charge in [-0.2, -0.15) is 9.97 Å². The minimum absolute atomic E-state index is 0.357. The van der Waals surface area contributed by atoms with Crippen LogP contribution in [0, 0.1) is 0 Å². The van der Waals surface area contributed by atoms with Crippen LogP contribution in [-0.2, 0) is 6.54 Å². The van der Waals surface area contributed by atoms with Crippen molar-refractivity contribution in [2.24, 2.45) is 0 Å². The number of aliphatic hydroxyl groups excluding tert-OH is 1. The third-order valence-corrected chi connectivity index (χ3v) is 4.85. The highest BCUT2D eigenvalue weighted by atomic mass is 79.9. The summed E-state index contributed by atoms with van der Waals surface area (Å²) in [5.74, 6) is 1.05. The van der Waals surface area contributed by atoms with E-state index >= 15 is 0 Å². The Kier molecular flexibility index (Phi) is 5.73. The van der Waals surface area contributed by atoms with Gasteiger partial charge in [-0.25, -0.2) is 4.98 Å². The third kappa shape index (κ3) is 4.72. The van der Waals surface area contributed by atoms with Crippen molar-refractivity contribution in [3.05, 3.63) is 71.0 Å². The first-order chi connectivity index (χ1) is 14.1. The number of hydrogen-bond acceptors (Lipinski definition) is 6. The SMILES string of the molecule is CC(O)CNc1nc(Nc2ccc(Br)cc2)c2ncn(Cc3ccccc3)c2n1. The fraction of sp³-hybridized carbons (Fsp3) is 0.190. The van der Waals surface area contributed by atoms with Crippen LogP contribution in [-0.4, -0.2) is 37.3 Å². The van der Waals surface area contributed by atoms with Crippen LogP contribution in [0.1, 0.15) is 12.5 Å². The van der Waals surface area contributed by atoms with Crippen molar-refractivity contribution in [1.29, 1.82) is 0 Å². The quantitative estimate of drug-likeness (QED) is 0.389. The highest BCUT2D eigenvalue weighted by Crippen LogP contribution is 2.25. The van der Waals surface area contributed by atoms with Crippen LogP contribution >= 0.6 is 15.9 Å². The van der Waals surface area contributed by atoms with Gasteiger partial charge in [0.2, 0.25) is 5.95 Å². The van der Waals surface area contributed by atoms with E-state index in [4.69, 9.17) is 0 Å². The molecule has 2 aromatic carbocycles. The molecule has 0 saturated heterocycles. The second kappa shape index (κ2) is 8.59. The average Bonchev–Trinajstić information content (AvgIpc) is 3.12. The Morgan fingerprint density at radius 2 is 1.83 bits per heavy atom. The molecule has 29 heavy (non-hydrogen) atoms. The molecule has 4 rings (SSSR count). The molecule has 0 spiro atoms. The van der Waals surface area contributed by atoms with E-state index in [1.54, 1.807) is 13.3 Å². The van der Waals surface area contributed by atoms with Gasteiger partial charge in [0.1, 0.15) is 0 Å². The summed E-state index contributed by atoms with van der Waals surface area (Å²) in [6, 6.07) is 18.0. The van der Waals surface area contributed by atoms with Crippen LogP contribution in [0.25, 0.3) is 11.2 Å². The van der Waals surface area contributed by atoms with Crippen molar-refractivity contribution in [1.82, 2.24) is 19.5 Å². The number of halogens is 1. The maximum atomic E-state index is 9.61. The first-order valence-electron chi connectivity index (χ1n) is 9.30. The fourth-order valence-electron chi connectivity index (χ4n) is 2.92. The molecule has 3 N–H and O–H groups in total. The molecule has 1 atom stereocenters. The van der Waals surface area contributed by atoms with Crippen LogP contribution in [0.15, 0.2) is 65.4 Å². The number of anilines is 3. The van der Waals surface area contributed by atoms with E-state index in [1.165, 1.54) is 0 Å². The molecule has 1 unspecified atom stereocenters. The molecule has 0 amide bonds. The predicted molar refractivity (Wildman–Crippen MR) is 118 cm³/mol. The molecule has 4 aromatic rings. The molecular formula is C21H21BrN6O. The summed E-state index contributed by atoms with van der Waals surface area (Å²) in [6.45, 7) is 2.73. The summed E-state index contributed by atoms with van der Waals surface area (Å²) in [7, 11) is 0. The van der Waals surface area contributed by atoms with E-state index in [2.05, 4.69) is 53.6 Å². The Balaban J connectivity index is 1.73. The first-order valence-corrected chi connectivity index (χ1v) is 10.1. The van der Waals surface area contributed by atoms with Crippen molar-refractivity contribution in [3.63, 3.8) is 0 Å². The Labute approximate surface area is 177 Å². The zero-order chi connectivity index (χ0) is 20.2. The lowest BCUT2D eigenvalue weighted by atomic mass is 10.2. The summed E-state index contributed by atoms with van der Waals surface area (Å²) in [5, 5.41) is 16.0. The molecule has 8 heteroatoms. The topological polar surface area (TPSA) is 87.9 Å². The van der Waals surface area contributed by atoms with E-state index in [-0.39, 0.29) is 0 Å². The molecule has 0 radical (unpaired) electrons. The fourth-order valence-corrected chi connectivity index (χ4v) is 3.18. The van der Waals surface area contributed by atoms with Crippen LogP contribution in [0.5, 0.6) is 0 Å². The lowest BCUT2D eigenvalue weighted by Gasteiger charge is -2.12. The summed E-state index contributed by atoms with van der Waals surface area (Å²) in [5.41, 5.74) is 3.46. The molecule has 0 aliphatic rings. The van der Waals surface area contributed by atoms with Crippen LogP contribution in [0.3, 0.4) is 0 Å². The van der Waals surface area contributed by atoms with Crippen molar-refractivity contribution in [2.75, 3.05) is 17.2 Å². The van der Waals surface area contributed by atoms with Gasteiger partial charge < -0.3 is 20.3 Å². The van der Waals surface area contributed by atoms with E-state index in [0.717, 1.165) is 21.4 Å². The van der Waals surface area contributed by atoms with E-state index in [0.29, 0.717) is 30.4 Å². The highest BCUT2D eigenvalue weighted by molar-refractivity contribution is 9.10. The monoisotopic (exact) mass is 452 g/mol. The van der Waals surface area contributed by atoms with Gasteiger partial charge in [-0.3, -0.25) is 0 Å². The summed E-state index contributed by atoms with van der Waals surface area (Å²) >= 11 is 3.45. The van der Waals surface area contributed by atoms with Crippen molar-refractivity contribution in [3.8, 4) is 0 Å². The number of imidazole rings is 1. The highest BCUT2D eigenvalue weighted by Gasteiger charge is 2.14. The second-order valence-corrected chi connectivity index (χ2v) is 7.70. The number of aromatic nitrogens is 4. The Morgan fingerprint density at radius 3 is 2.55 bits per heavy atom. The largest absolute Gasteiger partial charge is 0.392 e. The maximum absolute atomic E-state index is 9.61. The molecule has 2 heterocycles. The number of rotatable bonds is 7. The van der Waals surface area contributed by atoms with Crippen LogP contribution < -0.4 is 10.6 Å². The minimum atomic E-state index is -0.508. The molecular weight excluding hydrogens is 432 g/mol. The molecule has 7 nitrogen and oxygen atoms in total. The van der Waals surface area contributed by atoms with E-state index < -0.39 is 6.10 Å². The lowest BCUT2D eigenvalue weighted by Crippen LogP contribution is -2.17. The van der Waals surface area contributed by atoms with Gasteiger partial charge in [-0.05, 0) is 36.8 Å². The zero-order valence-electron chi connectivity index (χ0n) is 15.9. The van der Waals surface area contributed by atoms with Crippen molar-refractivity contribution in [2.45, 2.75) is 19.6 Å². The number of nitrogens with one attached hydrogen (secondary N) is 2. The molecule has 0 aliphatic heterocycles. The number of fused-ring (bicyclic) bond motifs is 1. The van der Waals surface area contributed by atoms with Gasteiger partial charge in [0.15, 0.2) is 17.0 Å². The molecule has 0 bridgehead atoms. The summed E-state index contributed by atoms with van der Waals surface area (Å²) < 4.78 is 2.99. The van der Waals surface area contributed by atoms with Crippen LogP contribution in [0.2, 0.25) is 0 Å². The number of nitrogens with zero attached hydrogens (tertiary/aromatic N) is 4. The van der Waals surface area contributed by atoms with Crippen molar-refractivity contribution >= 4 is 44.5 Å². The Hall–Kier alpha value is -2.97. The average molecular weight is 453 g/mol. The first kappa shape index (κ1) is 19.4. The van der Waals surface area contributed by atoms with Gasteiger partial charge >= 0.3 is 0 Å². The standard InChI is InChI=1S/C21H21BrN6O/c1-14(29)11-23-21-26-19(25-17-9-7-16(22)8-10-17)18-20(27-21)28(13-24-18)12-15-5-3-2-4-6-15/h2-10,13-14,29H,11-12H2,1H3,(H2,23,25,26,27). The molecule has 148 valence electrons. The maximum Gasteiger partial charge on any atom is 0.226 e. The van der Waals surface area contributed by atoms with Crippen molar-refractivity contribution < 1.29 is 5.11 Å². The zero-order valence-corrected chi connectivity index (χ0v) is 17.5. The van der Waals surface area contributed by atoms with Gasteiger partial charge in [0, 0.05) is 16.7 Å². The number of aliphatic hydroxyl groups is 1. The van der Waals surface area contributed by atoms with Gasteiger partial charge in [-0.1, -0.05) is 46.3 Å². The van der Waals surface area contributed by atoms with Gasteiger partial charge in [0.25, 0.3) is 0 Å². The predicted octanol–water partition coefficient (Wildman–Crippen LogP) is 4.17. The Bertz CT molecular complexity index is 1100. The number of hydrogen-bond donors (Lipinski definition) is 3.